The third-order valence-electron chi connectivity index (χ3n) is 3.15. The molecule has 2 unspecified atom stereocenters. The van der Waals surface area contributed by atoms with Gasteiger partial charge in [0.2, 0.25) is 5.91 Å². The summed E-state index contributed by atoms with van der Waals surface area (Å²) in [6, 6.07) is 0.369. The Hall–Kier alpha value is -0.570. The first kappa shape index (κ1) is 13.5. The van der Waals surface area contributed by atoms with E-state index in [2.05, 4.69) is 38.3 Å². The quantitative estimate of drug-likeness (QED) is 0.772. The Morgan fingerprint density at radius 2 is 2.12 bits per heavy atom. The molecule has 3 nitrogen and oxygen atoms in total. The topological polar surface area (TPSA) is 41.1 Å². The lowest BCUT2D eigenvalue weighted by atomic mass is 9.90. The Morgan fingerprint density at radius 1 is 1.44 bits per heavy atom. The molecular formula is C13H26N2O. The first-order valence-electron chi connectivity index (χ1n) is 6.38. The van der Waals surface area contributed by atoms with Crippen LogP contribution in [-0.2, 0) is 4.79 Å². The number of hydrogen-bond donors (Lipinski definition) is 2. The van der Waals surface area contributed by atoms with Crippen molar-refractivity contribution in [2.45, 2.75) is 53.0 Å². The van der Waals surface area contributed by atoms with Crippen LogP contribution in [0.5, 0.6) is 0 Å². The Kier molecular flexibility index (Phi) is 4.78. The summed E-state index contributed by atoms with van der Waals surface area (Å²) < 4.78 is 0. The molecule has 0 aromatic rings. The van der Waals surface area contributed by atoms with E-state index in [1.807, 2.05) is 0 Å². The highest BCUT2D eigenvalue weighted by Gasteiger charge is 2.23. The van der Waals surface area contributed by atoms with Gasteiger partial charge in [-0.05, 0) is 30.7 Å². The predicted octanol–water partition coefficient (Wildman–Crippen LogP) is 1.93. The summed E-state index contributed by atoms with van der Waals surface area (Å²) in [7, 11) is 0. The summed E-state index contributed by atoms with van der Waals surface area (Å²) in [6.45, 7) is 10.4. The van der Waals surface area contributed by atoms with Crippen LogP contribution < -0.4 is 10.6 Å². The van der Waals surface area contributed by atoms with Gasteiger partial charge in [-0.2, -0.15) is 0 Å². The molecule has 0 aromatic heterocycles. The molecule has 1 heterocycles. The van der Waals surface area contributed by atoms with Crippen LogP contribution in [0.4, 0.5) is 0 Å². The summed E-state index contributed by atoms with van der Waals surface area (Å²) in [5.41, 5.74) is 0.168. The minimum absolute atomic E-state index is 0.168. The molecule has 2 N–H and O–H groups in total. The first-order chi connectivity index (χ1) is 7.38. The van der Waals surface area contributed by atoms with Gasteiger partial charge < -0.3 is 10.6 Å². The molecule has 0 saturated carbocycles. The largest absolute Gasteiger partial charge is 0.356 e. The summed E-state index contributed by atoms with van der Waals surface area (Å²) in [6.07, 6.45) is 3.10. The highest BCUT2D eigenvalue weighted by molar-refractivity contribution is 5.76. The molecule has 0 aromatic carbocycles. The van der Waals surface area contributed by atoms with Gasteiger partial charge in [0.15, 0.2) is 0 Å². The standard InChI is InChI=1S/C13H26N2O/c1-10-6-5-7-14-11(10)8-12(16)15-9-13(2,3)4/h10-11,14H,5-9H2,1-4H3,(H,15,16). The molecule has 1 fully saturated rings. The molecule has 94 valence electrons. The van der Waals surface area contributed by atoms with E-state index < -0.39 is 0 Å². The van der Waals surface area contributed by atoms with Crippen LogP contribution in [0.15, 0.2) is 0 Å². The number of nitrogens with one attached hydrogen (secondary N) is 2. The van der Waals surface area contributed by atoms with Crippen molar-refractivity contribution >= 4 is 5.91 Å². The average Bonchev–Trinajstić information content (AvgIpc) is 2.18. The fourth-order valence-corrected chi connectivity index (χ4v) is 2.02. The number of piperidine rings is 1. The van der Waals surface area contributed by atoms with E-state index in [9.17, 15) is 4.79 Å². The average molecular weight is 226 g/mol. The molecule has 16 heavy (non-hydrogen) atoms. The molecule has 0 radical (unpaired) electrons. The predicted molar refractivity (Wildman–Crippen MR) is 67.3 cm³/mol. The zero-order valence-electron chi connectivity index (χ0n) is 11.1. The van der Waals surface area contributed by atoms with Gasteiger partial charge in [0.1, 0.15) is 0 Å². The fraction of sp³-hybridized carbons (Fsp3) is 0.923. The molecule has 0 spiro atoms. The lowest BCUT2D eigenvalue weighted by Crippen LogP contribution is -2.44. The lowest BCUT2D eigenvalue weighted by Gasteiger charge is -2.30. The first-order valence-corrected chi connectivity index (χ1v) is 6.38. The van der Waals surface area contributed by atoms with Crippen LogP contribution in [0.3, 0.4) is 0 Å². The zero-order chi connectivity index (χ0) is 12.2. The second-order valence-corrected chi connectivity index (χ2v) is 6.22. The monoisotopic (exact) mass is 226 g/mol. The summed E-state index contributed by atoms with van der Waals surface area (Å²) in [5, 5.41) is 6.45. The Bertz CT molecular complexity index is 233. The maximum absolute atomic E-state index is 11.8. The Morgan fingerprint density at radius 3 is 2.69 bits per heavy atom. The summed E-state index contributed by atoms with van der Waals surface area (Å²) in [5.74, 6) is 0.801. The number of carbonyl (C=O) groups excluding carboxylic acids is 1. The molecule has 1 rings (SSSR count). The van der Waals surface area contributed by atoms with Crippen LogP contribution >= 0.6 is 0 Å². The Labute approximate surface area is 99.4 Å². The van der Waals surface area contributed by atoms with Crippen LogP contribution in [0.1, 0.15) is 47.0 Å². The fourth-order valence-electron chi connectivity index (χ4n) is 2.02. The molecule has 2 atom stereocenters. The van der Waals surface area contributed by atoms with Gasteiger partial charge in [-0.15, -0.1) is 0 Å². The van der Waals surface area contributed by atoms with E-state index >= 15 is 0 Å². The number of rotatable bonds is 3. The van der Waals surface area contributed by atoms with Crippen molar-refractivity contribution in [3.8, 4) is 0 Å². The van der Waals surface area contributed by atoms with Gasteiger partial charge >= 0.3 is 0 Å². The normalized spacial score (nSPS) is 26.5. The number of hydrogen-bond acceptors (Lipinski definition) is 2. The van der Waals surface area contributed by atoms with Crippen LogP contribution in [0.2, 0.25) is 0 Å². The van der Waals surface area contributed by atoms with E-state index in [-0.39, 0.29) is 11.3 Å². The van der Waals surface area contributed by atoms with Gasteiger partial charge in [-0.1, -0.05) is 27.7 Å². The highest BCUT2D eigenvalue weighted by atomic mass is 16.1. The number of amides is 1. The van der Waals surface area contributed by atoms with Gasteiger partial charge in [0.25, 0.3) is 0 Å². The summed E-state index contributed by atoms with van der Waals surface area (Å²) >= 11 is 0. The maximum atomic E-state index is 11.8. The minimum atomic E-state index is 0.168. The van der Waals surface area contributed by atoms with Crippen molar-refractivity contribution in [3.63, 3.8) is 0 Å². The molecule has 1 amide bonds. The van der Waals surface area contributed by atoms with Gasteiger partial charge in [-0.3, -0.25) is 4.79 Å². The second kappa shape index (κ2) is 5.67. The summed E-state index contributed by atoms with van der Waals surface area (Å²) in [4.78, 5) is 11.8. The molecule has 0 aliphatic carbocycles. The Balaban J connectivity index is 2.28. The molecule has 0 bridgehead atoms. The second-order valence-electron chi connectivity index (χ2n) is 6.22. The van der Waals surface area contributed by atoms with Crippen molar-refractivity contribution in [3.05, 3.63) is 0 Å². The van der Waals surface area contributed by atoms with Crippen molar-refractivity contribution in [1.82, 2.24) is 10.6 Å². The van der Waals surface area contributed by atoms with Crippen LogP contribution in [-0.4, -0.2) is 25.0 Å². The third-order valence-corrected chi connectivity index (χ3v) is 3.15. The van der Waals surface area contributed by atoms with Crippen molar-refractivity contribution in [2.75, 3.05) is 13.1 Å². The van der Waals surface area contributed by atoms with Gasteiger partial charge in [0, 0.05) is 19.0 Å². The van der Waals surface area contributed by atoms with Crippen LogP contribution in [0.25, 0.3) is 0 Å². The zero-order valence-corrected chi connectivity index (χ0v) is 11.1. The van der Waals surface area contributed by atoms with Crippen molar-refractivity contribution in [2.24, 2.45) is 11.3 Å². The van der Waals surface area contributed by atoms with Gasteiger partial charge in [-0.25, -0.2) is 0 Å². The molecule has 3 heteroatoms. The van der Waals surface area contributed by atoms with E-state index in [0.29, 0.717) is 18.4 Å². The van der Waals surface area contributed by atoms with E-state index in [4.69, 9.17) is 0 Å². The SMILES string of the molecule is CC1CCCNC1CC(=O)NCC(C)(C)C. The minimum Gasteiger partial charge on any atom is -0.356 e. The maximum Gasteiger partial charge on any atom is 0.221 e. The smallest absolute Gasteiger partial charge is 0.221 e. The van der Waals surface area contributed by atoms with Crippen LogP contribution in [0, 0.1) is 11.3 Å². The molecular weight excluding hydrogens is 200 g/mol. The third kappa shape index (κ3) is 4.97. The van der Waals surface area contributed by atoms with E-state index in [1.165, 1.54) is 12.8 Å². The molecule has 1 aliphatic rings. The van der Waals surface area contributed by atoms with Gasteiger partial charge in [0.05, 0.1) is 0 Å². The van der Waals surface area contributed by atoms with Crippen molar-refractivity contribution in [1.29, 1.82) is 0 Å². The van der Waals surface area contributed by atoms with Crippen molar-refractivity contribution < 1.29 is 4.79 Å². The molecule has 1 saturated heterocycles. The lowest BCUT2D eigenvalue weighted by molar-refractivity contribution is -0.122. The molecule has 1 aliphatic heterocycles. The highest BCUT2D eigenvalue weighted by Crippen LogP contribution is 2.18. The number of carbonyl (C=O) groups is 1. The van der Waals surface area contributed by atoms with E-state index in [0.717, 1.165) is 13.1 Å². The van der Waals surface area contributed by atoms with E-state index in [1.54, 1.807) is 0 Å².